The summed E-state index contributed by atoms with van der Waals surface area (Å²) in [6.07, 6.45) is 12.2. The number of nitrogens with zero attached hydrogens (tertiary/aromatic N) is 6. The third-order valence-electron chi connectivity index (χ3n) is 17.1. The maximum atomic E-state index is 14.4. The number of hydrogen-bond acceptors (Lipinski definition) is 10. The largest absolute Gasteiger partial charge is 0.494 e. The van der Waals surface area contributed by atoms with E-state index in [1.165, 1.54) is 5.57 Å². The number of carboxylic acid groups (broad SMARTS) is 1. The van der Waals surface area contributed by atoms with Gasteiger partial charge in [-0.1, -0.05) is 54.0 Å². The van der Waals surface area contributed by atoms with Gasteiger partial charge in [-0.05, 0) is 125 Å². The van der Waals surface area contributed by atoms with Crippen molar-refractivity contribution >= 4 is 17.7 Å². The van der Waals surface area contributed by atoms with Crippen LogP contribution in [0.4, 0.5) is 0 Å². The second kappa shape index (κ2) is 15.0. The molecule has 0 aliphatic heterocycles. The highest BCUT2D eigenvalue weighted by atomic mass is 16.5. The number of carboxylic acids is 1. The number of Topliss-reactive ketones (excluding diaryl/α,β-unsaturated/α-hetero) is 1. The molecule has 1 N–H and O–H groups in total. The molecular formula is C47H70N6O6. The number of methoxy groups -OCH3 is 1. The average molecular weight is 815 g/mol. The fourth-order valence-electron chi connectivity index (χ4n) is 13.8. The molecule has 0 saturated heterocycles. The van der Waals surface area contributed by atoms with Gasteiger partial charge in [0.15, 0.2) is 17.4 Å². The van der Waals surface area contributed by atoms with E-state index >= 15 is 0 Å². The minimum Gasteiger partial charge on any atom is -0.494 e. The molecule has 0 unspecified atom stereocenters. The molecule has 4 saturated carbocycles. The quantitative estimate of drug-likeness (QED) is 0.207. The van der Waals surface area contributed by atoms with Crippen LogP contribution in [0, 0.1) is 56.2 Å². The van der Waals surface area contributed by atoms with Crippen LogP contribution in [0.3, 0.4) is 0 Å². The molecule has 0 radical (unpaired) electrons. The molecule has 0 spiro atoms. The molecule has 12 heteroatoms. The van der Waals surface area contributed by atoms with Crippen molar-refractivity contribution < 1.29 is 29.0 Å². The predicted octanol–water partition coefficient (Wildman–Crippen LogP) is 8.24. The number of ketones is 1. The first-order valence-electron chi connectivity index (χ1n) is 22.2. The molecule has 7 rings (SSSR count). The number of carbonyl (C=O) groups excluding carboxylic acids is 2. The molecule has 8 atom stereocenters. The first-order chi connectivity index (χ1) is 27.5. The van der Waals surface area contributed by atoms with Gasteiger partial charge >= 0.3 is 11.9 Å². The monoisotopic (exact) mass is 815 g/mol. The topological polar surface area (TPSA) is 150 Å². The van der Waals surface area contributed by atoms with Crippen molar-refractivity contribution in [2.45, 2.75) is 146 Å². The number of esters is 1. The summed E-state index contributed by atoms with van der Waals surface area (Å²) in [6.45, 7) is 21.3. The zero-order chi connectivity index (χ0) is 43.1. The lowest BCUT2D eigenvalue weighted by Gasteiger charge is -2.72. The summed E-state index contributed by atoms with van der Waals surface area (Å²) in [6, 6.07) is 0. The summed E-state index contributed by atoms with van der Waals surface area (Å²) >= 11 is 0. The van der Waals surface area contributed by atoms with Crippen molar-refractivity contribution in [3.05, 3.63) is 29.4 Å². The Morgan fingerprint density at radius 1 is 0.949 bits per heavy atom. The lowest BCUT2D eigenvalue weighted by atomic mass is 9.33. The van der Waals surface area contributed by atoms with Gasteiger partial charge in [0.1, 0.15) is 11.9 Å². The Morgan fingerprint density at radius 3 is 2.27 bits per heavy atom. The molecule has 324 valence electrons. The first kappa shape index (κ1) is 43.4. The lowest BCUT2D eigenvalue weighted by Crippen LogP contribution is -2.65. The van der Waals surface area contributed by atoms with E-state index in [1.54, 1.807) is 33.4 Å². The van der Waals surface area contributed by atoms with E-state index in [4.69, 9.17) is 19.7 Å². The van der Waals surface area contributed by atoms with E-state index in [9.17, 15) is 19.5 Å². The highest BCUT2D eigenvalue weighted by Crippen LogP contribution is 2.77. The van der Waals surface area contributed by atoms with Crippen LogP contribution in [0.2, 0.25) is 0 Å². The van der Waals surface area contributed by atoms with Gasteiger partial charge in [0, 0.05) is 36.8 Å². The number of ether oxygens (including phenoxy) is 2. The Kier molecular flexibility index (Phi) is 11.1. The predicted molar refractivity (Wildman–Crippen MR) is 225 cm³/mol. The Hall–Kier alpha value is -3.67. The van der Waals surface area contributed by atoms with E-state index in [-0.39, 0.29) is 45.5 Å². The molecule has 5 aliphatic rings. The van der Waals surface area contributed by atoms with Gasteiger partial charge in [-0.15, -0.1) is 10.2 Å². The van der Waals surface area contributed by atoms with Gasteiger partial charge in [-0.3, -0.25) is 14.4 Å². The summed E-state index contributed by atoms with van der Waals surface area (Å²) in [7, 11) is 5.74. The molecule has 5 aliphatic carbocycles. The van der Waals surface area contributed by atoms with Crippen molar-refractivity contribution in [2.24, 2.45) is 56.2 Å². The number of fused-ring (bicyclic) bond motifs is 7. The van der Waals surface area contributed by atoms with E-state index < -0.39 is 17.4 Å². The molecule has 0 bridgehead atoms. The van der Waals surface area contributed by atoms with Crippen molar-refractivity contribution in [2.75, 3.05) is 27.7 Å². The standard InChI is InChI=1S/C47H70N6O6/c1-28(2)37-31(54)23-47(24-35-50-51-40(53(35)22-21-52(10)11)39-48-26-29(58-12)27-49-39)20-19-45(8)30(38(37)47)13-14-33-44(7)17-16-34(59-36(55)25-42(3,4)41(56)57)43(5,6)32(44)15-18-46(33,45)9/h26-28,30,32-34H,13-25H2,1-12H3,(H,56,57)/t30-,32+,33-,34+,44+,45-,46-,47+/m1/s1. The maximum absolute atomic E-state index is 14.4. The Bertz CT molecular complexity index is 2000. The second-order valence-electron chi connectivity index (χ2n) is 21.7. The number of aromatic nitrogens is 5. The van der Waals surface area contributed by atoms with E-state index in [2.05, 4.69) is 82.0 Å². The Labute approximate surface area is 351 Å². The van der Waals surface area contributed by atoms with E-state index in [0.29, 0.717) is 60.3 Å². The molecule has 4 fully saturated rings. The minimum atomic E-state index is -1.17. The first-order valence-corrected chi connectivity index (χ1v) is 22.2. The molecule has 0 amide bonds. The van der Waals surface area contributed by atoms with Crippen LogP contribution in [0.5, 0.6) is 5.75 Å². The van der Waals surface area contributed by atoms with Crippen LogP contribution in [-0.2, 0) is 32.1 Å². The van der Waals surface area contributed by atoms with Gasteiger partial charge in [0.2, 0.25) is 5.82 Å². The normalized spacial score (nSPS) is 34.0. The van der Waals surface area contributed by atoms with Crippen molar-refractivity contribution in [1.82, 2.24) is 29.6 Å². The second-order valence-corrected chi connectivity index (χ2v) is 21.7. The number of carbonyl (C=O) groups is 3. The molecular weight excluding hydrogens is 745 g/mol. The summed E-state index contributed by atoms with van der Waals surface area (Å²) in [5.41, 5.74) is 0.875. The van der Waals surface area contributed by atoms with Gasteiger partial charge in [-0.25, -0.2) is 9.97 Å². The van der Waals surface area contributed by atoms with Crippen LogP contribution < -0.4 is 4.74 Å². The molecule has 2 aromatic heterocycles. The van der Waals surface area contributed by atoms with Crippen LogP contribution in [-0.4, -0.2) is 86.3 Å². The molecule has 59 heavy (non-hydrogen) atoms. The molecule has 2 heterocycles. The summed E-state index contributed by atoms with van der Waals surface area (Å²) in [5, 5.41) is 19.2. The van der Waals surface area contributed by atoms with Crippen molar-refractivity contribution in [1.29, 1.82) is 0 Å². The zero-order valence-corrected chi connectivity index (χ0v) is 37.9. The zero-order valence-electron chi connectivity index (χ0n) is 37.9. The maximum Gasteiger partial charge on any atom is 0.309 e. The fourth-order valence-corrected chi connectivity index (χ4v) is 13.8. The smallest absolute Gasteiger partial charge is 0.309 e. The highest BCUT2D eigenvalue weighted by Gasteiger charge is 2.70. The summed E-state index contributed by atoms with van der Waals surface area (Å²) < 4.78 is 13.7. The van der Waals surface area contributed by atoms with Crippen LogP contribution >= 0.6 is 0 Å². The van der Waals surface area contributed by atoms with Crippen molar-refractivity contribution in [3.8, 4) is 17.4 Å². The Morgan fingerprint density at radius 2 is 1.64 bits per heavy atom. The van der Waals surface area contributed by atoms with Crippen LogP contribution in [0.1, 0.15) is 132 Å². The van der Waals surface area contributed by atoms with Crippen molar-refractivity contribution in [3.63, 3.8) is 0 Å². The van der Waals surface area contributed by atoms with Crippen LogP contribution in [0.25, 0.3) is 11.6 Å². The van der Waals surface area contributed by atoms with Gasteiger partial charge in [0.05, 0.1) is 31.3 Å². The third kappa shape index (κ3) is 6.95. The third-order valence-corrected chi connectivity index (χ3v) is 17.1. The highest BCUT2D eigenvalue weighted by molar-refractivity contribution is 6.00. The molecule has 2 aromatic rings. The number of likely N-dealkylation sites (N-methyl/N-ethyl adjacent to an activating group) is 1. The average Bonchev–Trinajstić information content (AvgIpc) is 3.69. The minimum absolute atomic E-state index is 0.00402. The number of allylic oxidation sites excluding steroid dienone is 2. The van der Waals surface area contributed by atoms with Crippen LogP contribution in [0.15, 0.2) is 23.5 Å². The number of hydrogen-bond donors (Lipinski definition) is 1. The fraction of sp³-hybridized carbons (Fsp3) is 0.766. The molecule has 0 aromatic carbocycles. The summed E-state index contributed by atoms with van der Waals surface area (Å²) in [5.74, 6) is 2.80. The Balaban J connectivity index is 1.20. The SMILES string of the molecule is COc1cnc(-c2nnc(C[C@@]34CC[C@]5(C)[C@H](CC[C@@H]6[C@@]7(C)CC[C@H](OC(=O)CC(C)(C)C(=O)O)C(C)(C)[C@@H]7CC[C@]65C)C3=C(C(C)C)C(=O)C4)n2CCN(C)C)nc1. The van der Waals surface area contributed by atoms with Gasteiger partial charge < -0.3 is 24.0 Å². The number of aliphatic carboxylic acids is 1. The lowest BCUT2D eigenvalue weighted by molar-refractivity contribution is -0.233. The van der Waals surface area contributed by atoms with Gasteiger partial charge in [0.25, 0.3) is 0 Å². The van der Waals surface area contributed by atoms with E-state index in [1.807, 2.05) is 0 Å². The summed E-state index contributed by atoms with van der Waals surface area (Å²) in [4.78, 5) is 50.8. The van der Waals surface area contributed by atoms with E-state index in [0.717, 1.165) is 69.3 Å². The molecule has 12 nitrogen and oxygen atoms in total. The number of rotatable bonds is 12. The van der Waals surface area contributed by atoms with Gasteiger partial charge in [-0.2, -0.15) is 0 Å².